The molecule has 1 aliphatic heterocycles. The van der Waals surface area contributed by atoms with Crippen LogP contribution >= 0.6 is 0 Å². The van der Waals surface area contributed by atoms with Crippen LogP contribution in [0.5, 0.6) is 0 Å². The highest BCUT2D eigenvalue weighted by Gasteiger charge is 2.52. The molecule has 1 aromatic rings. The molecule has 3 rings (SSSR count). The van der Waals surface area contributed by atoms with Crippen LogP contribution in [0, 0.1) is 17.2 Å². The van der Waals surface area contributed by atoms with Gasteiger partial charge in [0, 0.05) is 6.42 Å². The van der Waals surface area contributed by atoms with Gasteiger partial charge in [-0.05, 0) is 48.3 Å². The van der Waals surface area contributed by atoms with E-state index in [1.54, 1.807) is 12.1 Å². The maximum Gasteiger partial charge on any atom is 0.234 e. The SMILES string of the molecule is CCC1CCC2(CC(=O)NC(=O)C2c2cccc(F)c2)C1. The summed E-state index contributed by atoms with van der Waals surface area (Å²) in [7, 11) is 0. The maximum absolute atomic E-state index is 13.5. The van der Waals surface area contributed by atoms with E-state index in [-0.39, 0.29) is 23.0 Å². The first-order valence-corrected chi connectivity index (χ1v) is 7.63. The summed E-state index contributed by atoms with van der Waals surface area (Å²) in [4.78, 5) is 24.3. The summed E-state index contributed by atoms with van der Waals surface area (Å²) in [6.45, 7) is 2.14. The van der Waals surface area contributed by atoms with Crippen molar-refractivity contribution in [2.24, 2.45) is 11.3 Å². The lowest BCUT2D eigenvalue weighted by Gasteiger charge is -2.40. The van der Waals surface area contributed by atoms with E-state index in [9.17, 15) is 14.0 Å². The van der Waals surface area contributed by atoms with Crippen LogP contribution in [0.25, 0.3) is 0 Å². The van der Waals surface area contributed by atoms with Crippen LogP contribution in [0.4, 0.5) is 4.39 Å². The van der Waals surface area contributed by atoms with Gasteiger partial charge in [-0.15, -0.1) is 0 Å². The Morgan fingerprint density at radius 3 is 2.86 bits per heavy atom. The van der Waals surface area contributed by atoms with Gasteiger partial charge in [0.15, 0.2) is 0 Å². The fourth-order valence-electron chi connectivity index (χ4n) is 4.19. The molecule has 0 aromatic heterocycles. The third kappa shape index (κ3) is 2.47. The first kappa shape index (κ1) is 14.2. The van der Waals surface area contributed by atoms with E-state index >= 15 is 0 Å². The van der Waals surface area contributed by atoms with Gasteiger partial charge in [-0.25, -0.2) is 4.39 Å². The molecular formula is C17H20FNO2. The summed E-state index contributed by atoms with van der Waals surface area (Å²) in [5, 5.41) is 2.43. The fraction of sp³-hybridized carbons (Fsp3) is 0.529. The number of hydrogen-bond donors (Lipinski definition) is 1. The van der Waals surface area contributed by atoms with Crippen LogP contribution in [0.2, 0.25) is 0 Å². The van der Waals surface area contributed by atoms with E-state index in [1.807, 2.05) is 0 Å². The molecule has 2 fully saturated rings. The van der Waals surface area contributed by atoms with Gasteiger partial charge >= 0.3 is 0 Å². The highest BCUT2D eigenvalue weighted by molar-refractivity contribution is 6.02. The third-order valence-corrected chi connectivity index (χ3v) is 5.15. The smallest absolute Gasteiger partial charge is 0.234 e. The number of rotatable bonds is 2. The number of nitrogens with one attached hydrogen (secondary N) is 1. The van der Waals surface area contributed by atoms with Crippen LogP contribution in [0.15, 0.2) is 24.3 Å². The first-order valence-electron chi connectivity index (χ1n) is 7.63. The summed E-state index contributed by atoms with van der Waals surface area (Å²) in [6.07, 6.45) is 4.22. The molecule has 4 heteroatoms. The molecule has 1 saturated carbocycles. The molecule has 2 aliphatic rings. The van der Waals surface area contributed by atoms with Crippen molar-refractivity contribution in [1.82, 2.24) is 5.32 Å². The lowest BCUT2D eigenvalue weighted by Crippen LogP contribution is -2.49. The van der Waals surface area contributed by atoms with Gasteiger partial charge < -0.3 is 0 Å². The number of piperidine rings is 1. The highest BCUT2D eigenvalue weighted by atomic mass is 19.1. The summed E-state index contributed by atoms with van der Waals surface area (Å²) >= 11 is 0. The van der Waals surface area contributed by atoms with Crippen molar-refractivity contribution in [3.8, 4) is 0 Å². The van der Waals surface area contributed by atoms with Gasteiger partial charge in [0.2, 0.25) is 11.8 Å². The number of hydrogen-bond acceptors (Lipinski definition) is 2. The second-order valence-corrected chi connectivity index (χ2v) is 6.46. The molecule has 0 radical (unpaired) electrons. The zero-order chi connectivity index (χ0) is 15.0. The number of imide groups is 1. The molecule has 112 valence electrons. The lowest BCUT2D eigenvalue weighted by atomic mass is 9.65. The van der Waals surface area contributed by atoms with Crippen molar-refractivity contribution < 1.29 is 14.0 Å². The molecule has 1 aliphatic carbocycles. The van der Waals surface area contributed by atoms with Crippen molar-refractivity contribution in [3.05, 3.63) is 35.6 Å². The van der Waals surface area contributed by atoms with Gasteiger partial charge in [0.1, 0.15) is 5.82 Å². The molecule has 3 unspecified atom stereocenters. The number of carbonyl (C=O) groups is 2. The molecule has 1 saturated heterocycles. The Bertz CT molecular complexity index is 586. The number of halogens is 1. The van der Waals surface area contributed by atoms with Crippen LogP contribution in [0.3, 0.4) is 0 Å². The summed E-state index contributed by atoms with van der Waals surface area (Å²) in [5.41, 5.74) is 0.366. The van der Waals surface area contributed by atoms with E-state index in [4.69, 9.17) is 0 Å². The van der Waals surface area contributed by atoms with Crippen molar-refractivity contribution in [2.75, 3.05) is 0 Å². The average molecular weight is 289 g/mol. The minimum Gasteiger partial charge on any atom is -0.296 e. The Labute approximate surface area is 123 Å². The van der Waals surface area contributed by atoms with Crippen LogP contribution in [-0.4, -0.2) is 11.8 Å². The Morgan fingerprint density at radius 2 is 2.19 bits per heavy atom. The zero-order valence-electron chi connectivity index (χ0n) is 12.2. The van der Waals surface area contributed by atoms with Crippen molar-refractivity contribution >= 4 is 11.8 Å². The van der Waals surface area contributed by atoms with Crippen molar-refractivity contribution in [3.63, 3.8) is 0 Å². The molecule has 21 heavy (non-hydrogen) atoms. The predicted octanol–water partition coefficient (Wildman–Crippen LogP) is 3.15. The van der Waals surface area contributed by atoms with E-state index in [0.717, 1.165) is 25.7 Å². The molecular weight excluding hydrogens is 269 g/mol. The van der Waals surface area contributed by atoms with E-state index in [0.29, 0.717) is 17.9 Å². The Kier molecular flexibility index (Phi) is 3.56. The molecule has 1 N–H and O–H groups in total. The van der Waals surface area contributed by atoms with Crippen LogP contribution in [-0.2, 0) is 9.59 Å². The molecule has 3 atom stereocenters. The average Bonchev–Trinajstić information content (AvgIpc) is 2.81. The van der Waals surface area contributed by atoms with E-state index < -0.39 is 5.92 Å². The first-order chi connectivity index (χ1) is 10.0. The Balaban J connectivity index is 2.02. The second-order valence-electron chi connectivity index (χ2n) is 6.46. The normalized spacial score (nSPS) is 32.5. The van der Waals surface area contributed by atoms with Gasteiger partial charge in [-0.3, -0.25) is 14.9 Å². The second kappa shape index (κ2) is 5.24. The quantitative estimate of drug-likeness (QED) is 0.850. The molecule has 0 bridgehead atoms. The zero-order valence-corrected chi connectivity index (χ0v) is 12.2. The number of benzene rings is 1. The molecule has 3 nitrogen and oxygen atoms in total. The summed E-state index contributed by atoms with van der Waals surface area (Å²) < 4.78 is 13.5. The molecule has 1 heterocycles. The van der Waals surface area contributed by atoms with E-state index in [1.165, 1.54) is 12.1 Å². The van der Waals surface area contributed by atoms with Crippen molar-refractivity contribution in [1.29, 1.82) is 0 Å². The third-order valence-electron chi connectivity index (χ3n) is 5.15. The standard InChI is InChI=1S/C17H20FNO2/c1-2-11-6-7-17(9-11)10-14(20)19-16(21)15(17)12-4-3-5-13(18)8-12/h3-5,8,11,15H,2,6-7,9-10H2,1H3,(H,19,20,21). The molecule has 2 amide bonds. The number of carbonyl (C=O) groups excluding carboxylic acids is 2. The van der Waals surface area contributed by atoms with Gasteiger partial charge in [0.25, 0.3) is 0 Å². The Morgan fingerprint density at radius 1 is 1.38 bits per heavy atom. The van der Waals surface area contributed by atoms with E-state index in [2.05, 4.69) is 12.2 Å². The van der Waals surface area contributed by atoms with Crippen LogP contribution in [0.1, 0.15) is 50.5 Å². The molecule has 1 spiro atoms. The fourth-order valence-corrected chi connectivity index (χ4v) is 4.19. The Hall–Kier alpha value is -1.71. The van der Waals surface area contributed by atoms with Crippen molar-refractivity contribution in [2.45, 2.75) is 44.9 Å². The maximum atomic E-state index is 13.5. The highest BCUT2D eigenvalue weighted by Crippen LogP contribution is 2.55. The number of amides is 2. The summed E-state index contributed by atoms with van der Waals surface area (Å²) in [6, 6.07) is 6.24. The minimum absolute atomic E-state index is 0.190. The predicted molar refractivity (Wildman–Crippen MR) is 77.0 cm³/mol. The minimum atomic E-state index is -0.414. The monoisotopic (exact) mass is 289 g/mol. The van der Waals surface area contributed by atoms with Gasteiger partial charge in [0.05, 0.1) is 5.92 Å². The summed E-state index contributed by atoms with van der Waals surface area (Å²) in [5.74, 6) is -0.655. The largest absolute Gasteiger partial charge is 0.296 e. The lowest BCUT2D eigenvalue weighted by molar-refractivity contribution is -0.140. The van der Waals surface area contributed by atoms with Gasteiger partial charge in [-0.2, -0.15) is 0 Å². The van der Waals surface area contributed by atoms with Crippen LogP contribution < -0.4 is 5.32 Å². The molecule has 1 aromatic carbocycles. The topological polar surface area (TPSA) is 46.2 Å². The van der Waals surface area contributed by atoms with Gasteiger partial charge in [-0.1, -0.05) is 25.5 Å².